The van der Waals surface area contributed by atoms with Gasteiger partial charge in [-0.2, -0.15) is 0 Å². The van der Waals surface area contributed by atoms with Gasteiger partial charge in [-0.15, -0.1) is 47.0 Å². The molecule has 196 valence electrons. The minimum absolute atomic E-state index is 0.837. The predicted octanol–water partition coefficient (Wildman–Crippen LogP) is 8.62. The SMILES string of the molecule is Nc1ccccc1SCC=CCSc1ccccc1NNc1ccccc1SCCSc1ccccc1N. The smallest absolute Gasteiger partial charge is 0.0675 e. The van der Waals surface area contributed by atoms with Gasteiger partial charge in [-0.1, -0.05) is 60.7 Å². The van der Waals surface area contributed by atoms with Crippen molar-refractivity contribution in [3.05, 3.63) is 109 Å². The molecule has 0 fully saturated rings. The molecule has 8 heteroatoms. The average Bonchev–Trinajstić information content (AvgIpc) is 2.94. The number of hydrogen-bond acceptors (Lipinski definition) is 8. The van der Waals surface area contributed by atoms with Crippen LogP contribution in [0.3, 0.4) is 0 Å². The molecule has 0 radical (unpaired) electrons. The first-order chi connectivity index (χ1) is 18.7. The van der Waals surface area contributed by atoms with Crippen LogP contribution >= 0.6 is 47.0 Å². The van der Waals surface area contributed by atoms with Gasteiger partial charge < -0.3 is 11.5 Å². The Morgan fingerprint density at radius 2 is 0.842 bits per heavy atom. The summed E-state index contributed by atoms with van der Waals surface area (Å²) in [6, 6.07) is 32.8. The van der Waals surface area contributed by atoms with Gasteiger partial charge in [-0.25, -0.2) is 0 Å². The number of benzene rings is 4. The molecule has 0 aliphatic heterocycles. The minimum Gasteiger partial charge on any atom is -0.398 e. The van der Waals surface area contributed by atoms with Crippen molar-refractivity contribution in [2.24, 2.45) is 0 Å². The summed E-state index contributed by atoms with van der Waals surface area (Å²) in [6.07, 6.45) is 4.42. The second-order valence-electron chi connectivity index (χ2n) is 8.11. The van der Waals surface area contributed by atoms with Crippen molar-refractivity contribution in [1.29, 1.82) is 0 Å². The van der Waals surface area contributed by atoms with Crippen LogP contribution in [0.25, 0.3) is 0 Å². The first-order valence-corrected chi connectivity index (χ1v) is 16.2. The molecule has 0 unspecified atom stereocenters. The lowest BCUT2D eigenvalue weighted by Crippen LogP contribution is -2.10. The number of anilines is 4. The Balaban J connectivity index is 1.24. The standard InChI is InChI=1S/C30H32N4S4/c31-23-11-1-5-15-27(23)35-19-9-10-20-36-29-17-7-3-13-25(29)33-34-26-14-4-8-18-30(26)38-22-21-37-28-16-6-2-12-24(28)32/h1-18,33-34H,19-22,31-32H2. The molecule has 0 atom stereocenters. The summed E-state index contributed by atoms with van der Waals surface area (Å²) < 4.78 is 0. The zero-order valence-corrected chi connectivity index (χ0v) is 24.3. The zero-order valence-electron chi connectivity index (χ0n) is 21.0. The number of nitrogen functional groups attached to an aromatic ring is 2. The van der Waals surface area contributed by atoms with Crippen LogP contribution < -0.4 is 22.3 Å². The Morgan fingerprint density at radius 3 is 1.37 bits per heavy atom. The van der Waals surface area contributed by atoms with Crippen LogP contribution in [0, 0.1) is 0 Å². The Hall–Kier alpha value is -2.78. The van der Waals surface area contributed by atoms with Crippen molar-refractivity contribution in [2.75, 3.05) is 45.3 Å². The maximum atomic E-state index is 6.07. The fraction of sp³-hybridized carbons (Fsp3) is 0.133. The van der Waals surface area contributed by atoms with E-state index in [2.05, 4.69) is 83.7 Å². The summed E-state index contributed by atoms with van der Waals surface area (Å²) in [7, 11) is 0. The molecular weight excluding hydrogens is 545 g/mol. The summed E-state index contributed by atoms with van der Waals surface area (Å²) in [5.74, 6) is 3.79. The van der Waals surface area contributed by atoms with E-state index in [1.54, 1.807) is 23.5 Å². The maximum absolute atomic E-state index is 6.07. The molecule has 38 heavy (non-hydrogen) atoms. The van der Waals surface area contributed by atoms with Crippen LogP contribution in [0.4, 0.5) is 22.7 Å². The lowest BCUT2D eigenvalue weighted by atomic mass is 10.3. The van der Waals surface area contributed by atoms with Crippen molar-refractivity contribution < 1.29 is 0 Å². The lowest BCUT2D eigenvalue weighted by Gasteiger charge is -2.16. The first-order valence-electron chi connectivity index (χ1n) is 12.3. The van der Waals surface area contributed by atoms with E-state index in [1.165, 1.54) is 9.79 Å². The van der Waals surface area contributed by atoms with Crippen LogP contribution in [-0.4, -0.2) is 23.0 Å². The summed E-state index contributed by atoms with van der Waals surface area (Å²) >= 11 is 7.21. The van der Waals surface area contributed by atoms with Crippen LogP contribution in [0.5, 0.6) is 0 Å². The second-order valence-corrected chi connectivity index (χ2v) is 12.5. The molecule has 0 aromatic heterocycles. The van der Waals surface area contributed by atoms with Crippen LogP contribution in [0.2, 0.25) is 0 Å². The molecule has 4 rings (SSSR count). The normalized spacial score (nSPS) is 11.1. The summed E-state index contributed by atoms with van der Waals surface area (Å²) in [6.45, 7) is 0. The molecule has 4 nitrogen and oxygen atoms in total. The number of hydrogen-bond donors (Lipinski definition) is 4. The van der Waals surface area contributed by atoms with Crippen LogP contribution in [0.15, 0.2) is 129 Å². The molecule has 0 saturated heterocycles. The zero-order chi connectivity index (χ0) is 26.4. The third-order valence-electron chi connectivity index (χ3n) is 5.38. The predicted molar refractivity (Wildman–Crippen MR) is 174 cm³/mol. The third kappa shape index (κ3) is 8.91. The molecular formula is C30H32N4S4. The van der Waals surface area contributed by atoms with Crippen LogP contribution in [0.1, 0.15) is 0 Å². The maximum Gasteiger partial charge on any atom is 0.0675 e. The highest BCUT2D eigenvalue weighted by molar-refractivity contribution is 8.03. The van der Waals surface area contributed by atoms with Gasteiger partial charge in [0.2, 0.25) is 0 Å². The Kier molecular flexibility index (Phi) is 11.6. The van der Waals surface area contributed by atoms with Gasteiger partial charge in [-0.05, 0) is 48.5 Å². The Bertz CT molecular complexity index is 1330. The number of nitrogens with two attached hydrogens (primary N) is 2. The lowest BCUT2D eigenvalue weighted by molar-refractivity contribution is 1.30. The van der Waals surface area contributed by atoms with Crippen molar-refractivity contribution in [1.82, 2.24) is 0 Å². The Labute approximate surface area is 242 Å². The monoisotopic (exact) mass is 576 g/mol. The van der Waals surface area contributed by atoms with Gasteiger partial charge in [-0.3, -0.25) is 10.9 Å². The average molecular weight is 577 g/mol. The van der Waals surface area contributed by atoms with E-state index in [0.29, 0.717) is 0 Å². The highest BCUT2D eigenvalue weighted by Gasteiger charge is 2.06. The van der Waals surface area contributed by atoms with Crippen LogP contribution in [-0.2, 0) is 0 Å². The summed E-state index contributed by atoms with van der Waals surface area (Å²) in [5.41, 5.74) is 22.8. The van der Waals surface area contributed by atoms with Gasteiger partial charge in [0.15, 0.2) is 0 Å². The number of thioether (sulfide) groups is 4. The van der Waals surface area contributed by atoms with Crippen molar-refractivity contribution >= 4 is 69.8 Å². The van der Waals surface area contributed by atoms with Gasteiger partial charge >= 0.3 is 0 Å². The fourth-order valence-corrected chi connectivity index (χ4v) is 7.11. The van der Waals surface area contributed by atoms with Crippen molar-refractivity contribution in [2.45, 2.75) is 19.6 Å². The Morgan fingerprint density at radius 1 is 0.474 bits per heavy atom. The molecule has 0 spiro atoms. The minimum atomic E-state index is 0.837. The fourth-order valence-electron chi connectivity index (χ4n) is 3.47. The van der Waals surface area contributed by atoms with Gasteiger partial charge in [0.05, 0.1) is 11.4 Å². The first kappa shape index (κ1) is 28.2. The summed E-state index contributed by atoms with van der Waals surface area (Å²) in [4.78, 5) is 4.69. The second kappa shape index (κ2) is 15.6. The quantitative estimate of drug-likeness (QED) is 0.0391. The van der Waals surface area contributed by atoms with E-state index >= 15 is 0 Å². The summed E-state index contributed by atoms with van der Waals surface area (Å²) in [5, 5.41) is 0. The van der Waals surface area contributed by atoms with E-state index in [4.69, 9.17) is 11.5 Å². The molecule has 0 amide bonds. The van der Waals surface area contributed by atoms with E-state index < -0.39 is 0 Å². The topological polar surface area (TPSA) is 76.1 Å². The largest absolute Gasteiger partial charge is 0.398 e. The van der Waals surface area contributed by atoms with Gasteiger partial charge in [0.25, 0.3) is 0 Å². The van der Waals surface area contributed by atoms with Crippen molar-refractivity contribution in [3.8, 4) is 0 Å². The highest BCUT2D eigenvalue weighted by atomic mass is 32.2. The molecule has 0 aliphatic rings. The highest BCUT2D eigenvalue weighted by Crippen LogP contribution is 2.32. The molecule has 0 bridgehead atoms. The van der Waals surface area contributed by atoms with Gasteiger partial charge in [0.1, 0.15) is 0 Å². The van der Waals surface area contributed by atoms with E-state index in [0.717, 1.165) is 55.6 Å². The molecule has 0 heterocycles. The number of hydrazine groups is 1. The number of nitrogens with one attached hydrogen (secondary N) is 2. The molecule has 0 aliphatic carbocycles. The van der Waals surface area contributed by atoms with E-state index in [9.17, 15) is 0 Å². The molecule has 0 saturated carbocycles. The van der Waals surface area contributed by atoms with E-state index in [-0.39, 0.29) is 0 Å². The third-order valence-corrected chi connectivity index (χ3v) is 9.87. The van der Waals surface area contributed by atoms with E-state index in [1.807, 2.05) is 59.9 Å². The molecule has 4 aromatic carbocycles. The molecule has 6 N–H and O–H groups in total. The molecule has 4 aromatic rings. The van der Waals surface area contributed by atoms with Gasteiger partial charge in [0, 0.05) is 54.0 Å². The number of rotatable bonds is 14. The number of para-hydroxylation sites is 4. The van der Waals surface area contributed by atoms with Crippen molar-refractivity contribution in [3.63, 3.8) is 0 Å².